The molecule has 4 heterocycles. The summed E-state index contributed by atoms with van der Waals surface area (Å²) in [6.07, 6.45) is 4.59. The molecule has 0 unspecified atom stereocenters. The highest BCUT2D eigenvalue weighted by Gasteiger charge is 2.31. The van der Waals surface area contributed by atoms with Gasteiger partial charge in [0.15, 0.2) is 11.6 Å². The molecule has 4 rings (SSSR count). The van der Waals surface area contributed by atoms with Crippen molar-refractivity contribution in [3.63, 3.8) is 0 Å². The lowest BCUT2D eigenvalue weighted by Crippen LogP contribution is -2.57. The summed E-state index contributed by atoms with van der Waals surface area (Å²) in [6.45, 7) is 3.71. The summed E-state index contributed by atoms with van der Waals surface area (Å²) in [5, 5.41) is 0. The van der Waals surface area contributed by atoms with E-state index in [0.29, 0.717) is 23.6 Å². The summed E-state index contributed by atoms with van der Waals surface area (Å²) >= 11 is 6.66. The highest BCUT2D eigenvalue weighted by molar-refractivity contribution is 9.10. The second-order valence-electron chi connectivity index (χ2n) is 9.01. The molecule has 0 saturated carbocycles. The van der Waals surface area contributed by atoms with E-state index in [2.05, 4.69) is 80.2 Å². The van der Waals surface area contributed by atoms with Gasteiger partial charge in [0.2, 0.25) is 10.0 Å². The van der Waals surface area contributed by atoms with Gasteiger partial charge in [-0.1, -0.05) is 0 Å². The Labute approximate surface area is 218 Å². The quantitative estimate of drug-likeness (QED) is 0.502. The molecule has 188 valence electrons. The van der Waals surface area contributed by atoms with Crippen molar-refractivity contribution in [3.05, 3.63) is 33.5 Å². The molecule has 34 heavy (non-hydrogen) atoms. The van der Waals surface area contributed by atoms with Crippen molar-refractivity contribution in [1.82, 2.24) is 19.8 Å². The van der Waals surface area contributed by atoms with Crippen LogP contribution >= 0.6 is 31.9 Å². The molecule has 0 radical (unpaired) electrons. The maximum atomic E-state index is 11.4. The van der Waals surface area contributed by atoms with Crippen LogP contribution in [0.1, 0.15) is 0 Å². The van der Waals surface area contributed by atoms with Crippen molar-refractivity contribution in [2.24, 2.45) is 0 Å². The summed E-state index contributed by atoms with van der Waals surface area (Å²) < 4.78 is 26.9. The zero-order valence-corrected chi connectivity index (χ0v) is 24.0. The van der Waals surface area contributed by atoms with Gasteiger partial charge in [0.25, 0.3) is 0 Å². The highest BCUT2D eigenvalue weighted by atomic mass is 79.9. The van der Waals surface area contributed by atoms with E-state index in [1.54, 1.807) is 18.5 Å². The minimum Gasteiger partial charge on any atom is -0.396 e. The summed E-state index contributed by atoms with van der Waals surface area (Å²) in [5.74, 6) is 1.57. The van der Waals surface area contributed by atoms with E-state index >= 15 is 0 Å². The van der Waals surface area contributed by atoms with Crippen molar-refractivity contribution in [2.45, 2.75) is 12.1 Å². The zero-order chi connectivity index (χ0) is 25.2. The normalized spacial score (nSPS) is 16.7. The molecule has 2 fully saturated rings. The van der Waals surface area contributed by atoms with Crippen LogP contribution in [0.3, 0.4) is 0 Å². The zero-order valence-electron chi connectivity index (χ0n) is 20.0. The van der Waals surface area contributed by atoms with Crippen LogP contribution in [0.25, 0.3) is 0 Å². The average Bonchev–Trinajstić information content (AvgIpc) is 2.61. The van der Waals surface area contributed by atoms with Gasteiger partial charge in [0.05, 0.1) is 17.6 Å². The van der Waals surface area contributed by atoms with E-state index < -0.39 is 10.0 Å². The van der Waals surface area contributed by atoms with E-state index in [1.165, 1.54) is 0 Å². The Morgan fingerprint density at radius 1 is 0.912 bits per heavy atom. The van der Waals surface area contributed by atoms with Crippen molar-refractivity contribution < 1.29 is 8.42 Å². The molecule has 2 aromatic rings. The molecule has 10 nitrogen and oxygen atoms in total. The summed E-state index contributed by atoms with van der Waals surface area (Å²) in [6, 6.07) is 4.73. The smallest absolute Gasteiger partial charge is 0.229 e. The minimum atomic E-state index is -3.31. The minimum absolute atomic E-state index is 0.483. The lowest BCUT2D eigenvalue weighted by Gasteiger charge is -2.44. The Morgan fingerprint density at radius 3 is 1.79 bits per heavy atom. The van der Waals surface area contributed by atoms with Crippen molar-refractivity contribution in [2.75, 3.05) is 80.9 Å². The fraction of sp³-hybridized carbons (Fsp3) is 0.524. The van der Waals surface area contributed by atoms with Gasteiger partial charge in [-0.15, -0.1) is 0 Å². The number of hydrogen-bond donors (Lipinski definition) is 2. The van der Waals surface area contributed by atoms with Crippen molar-refractivity contribution in [1.29, 1.82) is 0 Å². The molecule has 0 aromatic carbocycles. The number of rotatable bonds is 6. The third kappa shape index (κ3) is 6.94. The molecule has 0 amide bonds. The van der Waals surface area contributed by atoms with E-state index in [9.17, 15) is 8.42 Å². The van der Waals surface area contributed by atoms with Gasteiger partial charge >= 0.3 is 0 Å². The average molecular weight is 620 g/mol. The molecular formula is C21H32Br2N8O2S. The van der Waals surface area contributed by atoms with Gasteiger partial charge in [-0.2, -0.15) is 0 Å². The van der Waals surface area contributed by atoms with Crippen LogP contribution in [-0.4, -0.2) is 101 Å². The Balaban J connectivity index is 0.000000196. The van der Waals surface area contributed by atoms with E-state index in [4.69, 9.17) is 5.73 Å². The third-order valence-electron chi connectivity index (χ3n) is 5.77. The predicted octanol–water partition coefficient (Wildman–Crippen LogP) is 2.14. The topological polar surface area (TPSA) is 111 Å². The first-order chi connectivity index (χ1) is 15.8. The van der Waals surface area contributed by atoms with Gasteiger partial charge in [-0.25, -0.2) is 18.4 Å². The largest absolute Gasteiger partial charge is 0.396 e. The number of pyridine rings is 2. The monoisotopic (exact) mass is 618 g/mol. The third-order valence-corrected chi connectivity index (χ3v) is 7.23. The summed E-state index contributed by atoms with van der Waals surface area (Å²) in [4.78, 5) is 17.3. The number of anilines is 4. The second kappa shape index (κ2) is 10.9. The number of aromatic nitrogens is 2. The van der Waals surface area contributed by atoms with Crippen LogP contribution in [0, 0.1) is 0 Å². The number of nitrogen functional groups attached to an aromatic ring is 1. The van der Waals surface area contributed by atoms with Crippen LogP contribution in [0.2, 0.25) is 0 Å². The maximum Gasteiger partial charge on any atom is 0.229 e. The molecule has 13 heteroatoms. The van der Waals surface area contributed by atoms with Gasteiger partial charge < -0.3 is 25.3 Å². The number of nitrogens with two attached hydrogens (primary N) is 1. The molecule has 2 saturated heterocycles. The SMILES string of the molecule is CN(C)C1CN(c2ncc(Br)cc2N)C1.CN(C)C1CN(c2ncc(Br)cc2NS(C)(=O)=O)C1. The Kier molecular flexibility index (Phi) is 8.66. The first-order valence-corrected chi connectivity index (χ1v) is 14.2. The Morgan fingerprint density at radius 2 is 1.35 bits per heavy atom. The molecule has 0 bridgehead atoms. The number of likely N-dealkylation sites (N-methyl/N-ethyl adjacent to an activating group) is 2. The second-order valence-corrected chi connectivity index (χ2v) is 12.6. The molecule has 0 spiro atoms. The molecular weight excluding hydrogens is 588 g/mol. The maximum absolute atomic E-state index is 11.4. The van der Waals surface area contributed by atoms with E-state index in [1.807, 2.05) is 20.2 Å². The first kappa shape index (κ1) is 26.9. The van der Waals surface area contributed by atoms with Gasteiger partial charge in [-0.3, -0.25) is 4.72 Å². The van der Waals surface area contributed by atoms with Crippen LogP contribution in [0.15, 0.2) is 33.5 Å². The number of sulfonamides is 1. The van der Waals surface area contributed by atoms with Gasteiger partial charge in [-0.05, 0) is 72.2 Å². The number of nitrogens with zero attached hydrogens (tertiary/aromatic N) is 6. The predicted molar refractivity (Wildman–Crippen MR) is 146 cm³/mol. The van der Waals surface area contributed by atoms with Gasteiger partial charge in [0, 0.05) is 59.6 Å². The molecule has 2 aliphatic heterocycles. The highest BCUT2D eigenvalue weighted by Crippen LogP contribution is 2.31. The lowest BCUT2D eigenvalue weighted by atomic mass is 10.1. The van der Waals surface area contributed by atoms with Crippen LogP contribution in [0.5, 0.6) is 0 Å². The molecule has 3 N–H and O–H groups in total. The molecule has 2 aliphatic rings. The summed E-state index contributed by atoms with van der Waals surface area (Å²) in [5.41, 5.74) is 7.15. The molecule has 2 aromatic heterocycles. The Bertz CT molecular complexity index is 1100. The van der Waals surface area contributed by atoms with E-state index in [0.717, 1.165) is 52.9 Å². The van der Waals surface area contributed by atoms with Gasteiger partial charge in [0.1, 0.15) is 0 Å². The number of halogens is 2. The molecule has 0 aliphatic carbocycles. The van der Waals surface area contributed by atoms with Crippen LogP contribution < -0.4 is 20.3 Å². The molecule has 0 atom stereocenters. The van der Waals surface area contributed by atoms with Crippen molar-refractivity contribution >= 4 is 64.9 Å². The fourth-order valence-electron chi connectivity index (χ4n) is 3.58. The van der Waals surface area contributed by atoms with Crippen LogP contribution in [0.4, 0.5) is 23.0 Å². The Hall–Kier alpha value is -1.67. The van der Waals surface area contributed by atoms with E-state index in [-0.39, 0.29) is 0 Å². The number of nitrogens with one attached hydrogen (secondary N) is 1. The number of hydrogen-bond acceptors (Lipinski definition) is 9. The standard InChI is InChI=1S/C11H17BrN4O2S.C10H15BrN4/c1-15(2)9-6-16(7-9)11-10(14-19(3,17)18)4-8(12)5-13-11;1-14(2)8-5-15(6-8)10-9(12)3-7(11)4-13-10/h4-5,9,14H,6-7H2,1-3H3;3-4,8H,5-6,12H2,1-2H3. The summed E-state index contributed by atoms with van der Waals surface area (Å²) in [7, 11) is 4.95. The fourth-order valence-corrected chi connectivity index (χ4v) is 4.81. The van der Waals surface area contributed by atoms with Crippen LogP contribution in [-0.2, 0) is 10.0 Å². The van der Waals surface area contributed by atoms with Crippen molar-refractivity contribution in [3.8, 4) is 0 Å². The lowest BCUT2D eigenvalue weighted by molar-refractivity contribution is 0.246. The first-order valence-electron chi connectivity index (χ1n) is 10.7.